The number of hydrogen-bond acceptors (Lipinski definition) is 14. The number of aliphatic hydroxyl groups excluding tert-OH is 3. The van der Waals surface area contributed by atoms with Crippen molar-refractivity contribution in [1.29, 1.82) is 0 Å². The SMILES string of the molecule is COc1ccc(-c2oc3cc4c(c(O)c3c(=O)c2O[C@@H]2O[C@H](C(=O)O)[C@@H](O)[C@H](O)[C@H]2O)OCO4)c(O)c1O. The van der Waals surface area contributed by atoms with Crippen molar-refractivity contribution in [3.63, 3.8) is 0 Å². The summed E-state index contributed by atoms with van der Waals surface area (Å²) >= 11 is 0. The third kappa shape index (κ3) is 3.76. The summed E-state index contributed by atoms with van der Waals surface area (Å²) < 4.78 is 31.7. The first-order chi connectivity index (χ1) is 18.0. The number of carboxylic acid groups (broad SMARTS) is 1. The number of aliphatic hydroxyl groups is 3. The van der Waals surface area contributed by atoms with E-state index in [1.165, 1.54) is 25.3 Å². The van der Waals surface area contributed by atoms with Crippen LogP contribution in [0.3, 0.4) is 0 Å². The standard InChI is InChI=1S/C23H20O15/c1-33-7-3-2-6(11(24)12(7)25)18-20(37-23-17(30)15(28)16(29)21(38-23)22(31)32)14(27)10-8(36-18)4-9-19(13(10)26)35-5-34-9/h2-4,15-17,21,23-26,28-30H,5H2,1H3,(H,31,32)/t15-,16-,17+,21-,23+/m0/s1. The highest BCUT2D eigenvalue weighted by atomic mass is 16.7. The van der Waals surface area contributed by atoms with Crippen LogP contribution in [0.25, 0.3) is 22.3 Å². The van der Waals surface area contributed by atoms with E-state index in [0.29, 0.717) is 0 Å². The Morgan fingerprint density at radius 3 is 2.42 bits per heavy atom. The average Bonchev–Trinajstić information content (AvgIpc) is 3.36. The lowest BCUT2D eigenvalue weighted by molar-refractivity contribution is -0.271. The second-order valence-electron chi connectivity index (χ2n) is 8.29. The lowest BCUT2D eigenvalue weighted by Gasteiger charge is -2.38. The third-order valence-electron chi connectivity index (χ3n) is 6.08. The minimum atomic E-state index is -2.06. The summed E-state index contributed by atoms with van der Waals surface area (Å²) in [6, 6.07) is 3.63. The van der Waals surface area contributed by atoms with Crippen molar-refractivity contribution in [2.45, 2.75) is 30.7 Å². The van der Waals surface area contributed by atoms with E-state index in [1.54, 1.807) is 0 Å². The summed E-state index contributed by atoms with van der Waals surface area (Å²) in [7, 11) is 1.23. The summed E-state index contributed by atoms with van der Waals surface area (Å²) in [4.78, 5) is 25.1. The maximum absolute atomic E-state index is 13.6. The van der Waals surface area contributed by atoms with Crippen molar-refractivity contribution < 1.29 is 68.6 Å². The van der Waals surface area contributed by atoms with Crippen LogP contribution < -0.4 is 24.4 Å². The van der Waals surface area contributed by atoms with Crippen LogP contribution in [0.15, 0.2) is 27.4 Å². The fourth-order valence-electron chi connectivity index (χ4n) is 4.13. The van der Waals surface area contributed by atoms with Crippen molar-refractivity contribution in [2.75, 3.05) is 13.9 Å². The number of phenols is 3. The molecule has 0 unspecified atom stereocenters. The molecule has 202 valence electrons. The molecule has 1 fully saturated rings. The lowest BCUT2D eigenvalue weighted by Crippen LogP contribution is -2.61. The zero-order chi connectivity index (χ0) is 27.5. The van der Waals surface area contributed by atoms with E-state index in [-0.39, 0.29) is 35.2 Å². The molecule has 5 rings (SSSR count). The van der Waals surface area contributed by atoms with Gasteiger partial charge < -0.3 is 63.8 Å². The molecule has 15 heteroatoms. The molecule has 3 heterocycles. The Balaban J connectivity index is 1.74. The lowest BCUT2D eigenvalue weighted by atomic mass is 9.99. The zero-order valence-electron chi connectivity index (χ0n) is 19.2. The van der Waals surface area contributed by atoms with E-state index in [9.17, 15) is 45.3 Å². The number of fused-ring (bicyclic) bond motifs is 2. The molecule has 2 aromatic carbocycles. The molecule has 7 N–H and O–H groups in total. The second kappa shape index (κ2) is 9.14. The molecule has 38 heavy (non-hydrogen) atoms. The van der Waals surface area contributed by atoms with E-state index in [4.69, 9.17) is 28.1 Å². The predicted octanol–water partition coefficient (Wildman–Crippen LogP) is -0.415. The number of rotatable bonds is 5. The second-order valence-corrected chi connectivity index (χ2v) is 8.29. The fourth-order valence-corrected chi connectivity index (χ4v) is 4.13. The number of hydrogen-bond donors (Lipinski definition) is 7. The van der Waals surface area contributed by atoms with Crippen LogP contribution in [0.1, 0.15) is 0 Å². The highest BCUT2D eigenvalue weighted by Crippen LogP contribution is 2.49. The molecule has 0 radical (unpaired) electrons. The van der Waals surface area contributed by atoms with E-state index in [2.05, 4.69) is 0 Å². The first-order valence-corrected chi connectivity index (χ1v) is 10.9. The molecular weight excluding hydrogens is 516 g/mol. The van der Waals surface area contributed by atoms with Gasteiger partial charge in [-0.25, -0.2) is 4.79 Å². The van der Waals surface area contributed by atoms with Crippen molar-refractivity contribution in [3.05, 3.63) is 28.4 Å². The number of carboxylic acids is 1. The van der Waals surface area contributed by atoms with Gasteiger partial charge in [0.05, 0.1) is 12.7 Å². The van der Waals surface area contributed by atoms with Gasteiger partial charge in [0.1, 0.15) is 29.3 Å². The number of phenolic OH excluding ortho intramolecular Hbond substituents is 3. The van der Waals surface area contributed by atoms with Gasteiger partial charge in [0, 0.05) is 6.07 Å². The zero-order valence-corrected chi connectivity index (χ0v) is 19.2. The number of aliphatic carboxylic acids is 1. The number of carbonyl (C=O) groups is 1. The van der Waals surface area contributed by atoms with Crippen LogP contribution in [0.5, 0.6) is 40.2 Å². The molecule has 0 bridgehead atoms. The molecule has 0 saturated carbocycles. The summed E-state index contributed by atoms with van der Waals surface area (Å²) in [5.41, 5.74) is -1.69. The minimum absolute atomic E-state index is 0.0343. The molecule has 2 aliphatic heterocycles. The van der Waals surface area contributed by atoms with Crippen LogP contribution in [0.2, 0.25) is 0 Å². The van der Waals surface area contributed by atoms with Crippen LogP contribution >= 0.6 is 0 Å². The van der Waals surface area contributed by atoms with Gasteiger partial charge in [-0.2, -0.15) is 0 Å². The van der Waals surface area contributed by atoms with Gasteiger partial charge in [0.2, 0.25) is 35.8 Å². The average molecular weight is 536 g/mol. The van der Waals surface area contributed by atoms with Gasteiger partial charge >= 0.3 is 5.97 Å². The normalized spacial score (nSPS) is 24.4. The molecule has 15 nitrogen and oxygen atoms in total. The van der Waals surface area contributed by atoms with Gasteiger partial charge in [-0.1, -0.05) is 0 Å². The molecule has 5 atom stereocenters. The Kier molecular flexibility index (Phi) is 6.07. The Morgan fingerprint density at radius 1 is 1.00 bits per heavy atom. The Morgan fingerprint density at radius 2 is 1.74 bits per heavy atom. The summed E-state index contributed by atoms with van der Waals surface area (Å²) in [5.74, 6) is -5.60. The minimum Gasteiger partial charge on any atom is -0.504 e. The van der Waals surface area contributed by atoms with Crippen LogP contribution in [0.4, 0.5) is 0 Å². The maximum atomic E-state index is 13.6. The Bertz CT molecular complexity index is 1490. The topological polar surface area (TPSA) is 235 Å². The third-order valence-corrected chi connectivity index (χ3v) is 6.08. The predicted molar refractivity (Wildman–Crippen MR) is 121 cm³/mol. The van der Waals surface area contributed by atoms with E-state index in [0.717, 1.165) is 0 Å². The van der Waals surface area contributed by atoms with Crippen molar-refractivity contribution in [1.82, 2.24) is 0 Å². The first-order valence-electron chi connectivity index (χ1n) is 10.9. The highest BCUT2D eigenvalue weighted by Gasteiger charge is 2.48. The monoisotopic (exact) mass is 536 g/mol. The van der Waals surface area contributed by atoms with Crippen molar-refractivity contribution in [2.24, 2.45) is 0 Å². The smallest absolute Gasteiger partial charge is 0.335 e. The molecular formula is C23H20O15. The number of benzene rings is 2. The first kappa shape index (κ1) is 25.2. The fraction of sp³-hybridized carbons (Fsp3) is 0.304. The van der Waals surface area contributed by atoms with Crippen LogP contribution in [0, 0.1) is 0 Å². The Hall–Kier alpha value is -4.44. The van der Waals surface area contributed by atoms with Gasteiger partial charge in [-0.05, 0) is 12.1 Å². The molecule has 3 aromatic rings. The van der Waals surface area contributed by atoms with E-state index in [1.807, 2.05) is 0 Å². The Labute approximate surface area is 210 Å². The number of methoxy groups -OCH3 is 1. The molecule has 0 spiro atoms. The maximum Gasteiger partial charge on any atom is 0.335 e. The van der Waals surface area contributed by atoms with Gasteiger partial charge in [0.15, 0.2) is 34.9 Å². The van der Waals surface area contributed by atoms with Crippen LogP contribution in [-0.4, -0.2) is 86.3 Å². The van der Waals surface area contributed by atoms with Gasteiger partial charge in [0.25, 0.3) is 0 Å². The van der Waals surface area contributed by atoms with Crippen molar-refractivity contribution >= 4 is 16.9 Å². The largest absolute Gasteiger partial charge is 0.504 e. The molecule has 0 aliphatic carbocycles. The van der Waals surface area contributed by atoms with Gasteiger partial charge in [-0.3, -0.25) is 4.79 Å². The highest BCUT2D eigenvalue weighted by molar-refractivity contribution is 5.92. The molecule has 0 amide bonds. The molecule has 1 saturated heterocycles. The summed E-state index contributed by atoms with van der Waals surface area (Å²) in [6.45, 7) is -0.268. The van der Waals surface area contributed by atoms with Crippen LogP contribution in [-0.2, 0) is 9.53 Å². The summed E-state index contributed by atoms with van der Waals surface area (Å²) in [5, 5.41) is 71.0. The quantitative estimate of drug-likeness (QED) is 0.205. The number of ether oxygens (including phenoxy) is 5. The molecule has 1 aromatic heterocycles. The van der Waals surface area contributed by atoms with E-state index >= 15 is 0 Å². The number of aromatic hydroxyl groups is 3. The van der Waals surface area contributed by atoms with Gasteiger partial charge in [-0.15, -0.1) is 0 Å². The van der Waals surface area contributed by atoms with E-state index < -0.39 is 76.2 Å². The molecule has 2 aliphatic rings. The summed E-state index contributed by atoms with van der Waals surface area (Å²) in [6.07, 6.45) is -10.3. The van der Waals surface area contributed by atoms with Crippen molar-refractivity contribution in [3.8, 4) is 51.6 Å².